The molecule has 0 atom stereocenters. The summed E-state index contributed by atoms with van der Waals surface area (Å²) in [4.78, 5) is 26.7. The highest BCUT2D eigenvalue weighted by atomic mass is 35.5. The summed E-state index contributed by atoms with van der Waals surface area (Å²) in [6, 6.07) is 14.1. The van der Waals surface area contributed by atoms with Crippen molar-refractivity contribution in [1.82, 2.24) is 14.7 Å². The Labute approximate surface area is 201 Å². The summed E-state index contributed by atoms with van der Waals surface area (Å²) < 4.78 is 1.65. The van der Waals surface area contributed by atoms with Crippen molar-refractivity contribution >= 4 is 58.1 Å². The van der Waals surface area contributed by atoms with E-state index in [0.29, 0.717) is 39.7 Å². The minimum Gasteiger partial charge on any atom is -0.322 e. The quantitative estimate of drug-likeness (QED) is 0.448. The Bertz CT molecular complexity index is 1080. The minimum atomic E-state index is -0.321. The molecular weight excluding hydrogens is 473 g/mol. The molecular formula is C22H22Cl3N5O2. The van der Waals surface area contributed by atoms with Crippen molar-refractivity contribution < 1.29 is 9.59 Å². The number of amides is 2. The maximum atomic E-state index is 12.6. The number of anilines is 2. The van der Waals surface area contributed by atoms with Gasteiger partial charge in [0.15, 0.2) is 0 Å². The molecule has 2 aromatic carbocycles. The van der Waals surface area contributed by atoms with E-state index in [-0.39, 0.29) is 24.9 Å². The molecule has 7 nitrogen and oxygen atoms in total. The second-order valence-electron chi connectivity index (χ2n) is 6.96. The molecule has 0 bridgehead atoms. The van der Waals surface area contributed by atoms with Gasteiger partial charge in [-0.25, -0.2) is 4.68 Å². The molecule has 2 amide bonds. The van der Waals surface area contributed by atoms with Gasteiger partial charge in [0.2, 0.25) is 11.8 Å². The number of carbonyl (C=O) groups is 2. The summed E-state index contributed by atoms with van der Waals surface area (Å²) in [5.41, 5.74) is 1.24. The zero-order valence-electron chi connectivity index (χ0n) is 17.3. The van der Waals surface area contributed by atoms with E-state index in [9.17, 15) is 9.59 Å². The van der Waals surface area contributed by atoms with Gasteiger partial charge in [-0.05, 0) is 30.3 Å². The molecule has 2 N–H and O–H groups in total. The first-order chi connectivity index (χ1) is 15.4. The molecule has 0 spiro atoms. The molecule has 0 saturated carbocycles. The number of nitrogens with zero attached hydrogens (tertiary/aromatic N) is 3. The van der Waals surface area contributed by atoms with E-state index in [4.69, 9.17) is 34.8 Å². The molecule has 0 aliphatic rings. The first-order valence-electron chi connectivity index (χ1n) is 9.88. The largest absolute Gasteiger partial charge is 0.322 e. The molecule has 0 radical (unpaired) electrons. The molecule has 0 aliphatic carbocycles. The van der Waals surface area contributed by atoms with Crippen LogP contribution in [-0.4, -0.2) is 46.1 Å². The fraction of sp³-hybridized carbons (Fsp3) is 0.227. The fourth-order valence-electron chi connectivity index (χ4n) is 3.02. The third-order valence-electron chi connectivity index (χ3n) is 4.67. The average Bonchev–Trinajstić information content (AvgIpc) is 3.18. The molecule has 10 heteroatoms. The van der Waals surface area contributed by atoms with Gasteiger partial charge in [0.25, 0.3) is 0 Å². The summed E-state index contributed by atoms with van der Waals surface area (Å²) in [5.74, 6) is -0.0481. The molecule has 32 heavy (non-hydrogen) atoms. The van der Waals surface area contributed by atoms with Crippen LogP contribution in [0, 0.1) is 0 Å². The van der Waals surface area contributed by atoms with Crippen molar-refractivity contribution in [3.8, 4) is 0 Å². The third-order valence-corrected chi connectivity index (χ3v) is 5.67. The smallest absolute Gasteiger partial charge is 0.239 e. The zero-order valence-corrected chi connectivity index (χ0v) is 19.6. The number of halogens is 3. The van der Waals surface area contributed by atoms with Crippen molar-refractivity contribution in [2.45, 2.75) is 13.5 Å². The SMILES string of the molecule is CCN(CC(=O)Nc1c(Cl)cccc1Cl)CC(=O)Nc1ccnn1Cc1ccccc1Cl. The Morgan fingerprint density at radius 3 is 2.19 bits per heavy atom. The molecule has 0 aliphatic heterocycles. The van der Waals surface area contributed by atoms with Crippen molar-refractivity contribution in [3.63, 3.8) is 0 Å². The standard InChI is InChI=1S/C22H22Cl3N5O2/c1-2-29(14-21(32)28-22-17(24)8-5-9-18(22)25)13-20(31)27-19-10-11-26-30(19)12-15-6-3-4-7-16(15)23/h3-11H,2,12-14H2,1H3,(H,27,31)(H,28,32). The first-order valence-corrected chi connectivity index (χ1v) is 11.0. The molecule has 1 heterocycles. The Hall–Kier alpha value is -2.58. The van der Waals surface area contributed by atoms with Gasteiger partial charge in [-0.2, -0.15) is 5.10 Å². The van der Waals surface area contributed by atoms with E-state index in [2.05, 4.69) is 15.7 Å². The molecule has 0 fully saturated rings. The Morgan fingerprint density at radius 2 is 1.53 bits per heavy atom. The molecule has 1 aromatic heterocycles. The number of carbonyl (C=O) groups excluding carboxylic acids is 2. The van der Waals surface area contributed by atoms with E-state index in [1.807, 2.05) is 25.1 Å². The van der Waals surface area contributed by atoms with E-state index < -0.39 is 0 Å². The van der Waals surface area contributed by atoms with Crippen LogP contribution in [-0.2, 0) is 16.1 Å². The molecule has 3 aromatic rings. The molecule has 3 rings (SSSR count). The van der Waals surface area contributed by atoms with Crippen molar-refractivity contribution in [2.24, 2.45) is 0 Å². The number of aromatic nitrogens is 2. The van der Waals surface area contributed by atoms with Crippen LogP contribution in [0.4, 0.5) is 11.5 Å². The van der Waals surface area contributed by atoms with Crippen LogP contribution in [0.3, 0.4) is 0 Å². The summed E-state index contributed by atoms with van der Waals surface area (Å²) in [7, 11) is 0. The number of hydrogen-bond acceptors (Lipinski definition) is 4. The van der Waals surface area contributed by atoms with Gasteiger partial charge in [0.1, 0.15) is 5.82 Å². The predicted octanol–water partition coefficient (Wildman–Crippen LogP) is 4.79. The molecule has 0 saturated heterocycles. The number of benzene rings is 2. The lowest BCUT2D eigenvalue weighted by atomic mass is 10.2. The zero-order chi connectivity index (χ0) is 23.1. The maximum Gasteiger partial charge on any atom is 0.239 e. The lowest BCUT2D eigenvalue weighted by Crippen LogP contribution is -2.39. The fourth-order valence-corrected chi connectivity index (χ4v) is 3.70. The lowest BCUT2D eigenvalue weighted by Gasteiger charge is -2.20. The normalized spacial score (nSPS) is 10.9. The monoisotopic (exact) mass is 493 g/mol. The highest BCUT2D eigenvalue weighted by Crippen LogP contribution is 2.29. The van der Waals surface area contributed by atoms with Gasteiger partial charge in [0, 0.05) is 11.1 Å². The van der Waals surface area contributed by atoms with Crippen LogP contribution < -0.4 is 10.6 Å². The van der Waals surface area contributed by atoms with Gasteiger partial charge in [-0.1, -0.05) is 66.0 Å². The highest BCUT2D eigenvalue weighted by Gasteiger charge is 2.17. The van der Waals surface area contributed by atoms with Crippen LogP contribution in [0.1, 0.15) is 12.5 Å². The summed E-state index contributed by atoms with van der Waals surface area (Å²) >= 11 is 18.4. The van der Waals surface area contributed by atoms with Crippen LogP contribution in [0.15, 0.2) is 54.7 Å². The number of para-hydroxylation sites is 1. The average molecular weight is 495 g/mol. The number of hydrogen-bond donors (Lipinski definition) is 2. The Kier molecular flexibility index (Phi) is 8.53. The van der Waals surface area contributed by atoms with Crippen molar-refractivity contribution in [2.75, 3.05) is 30.3 Å². The van der Waals surface area contributed by atoms with Gasteiger partial charge in [0.05, 0.1) is 41.6 Å². The maximum absolute atomic E-state index is 12.6. The highest BCUT2D eigenvalue weighted by molar-refractivity contribution is 6.39. The van der Waals surface area contributed by atoms with E-state index >= 15 is 0 Å². The number of likely N-dealkylation sites (N-methyl/N-ethyl adjacent to an activating group) is 1. The number of rotatable bonds is 9. The van der Waals surface area contributed by atoms with Crippen LogP contribution in [0.5, 0.6) is 0 Å². The second kappa shape index (κ2) is 11.3. The van der Waals surface area contributed by atoms with Gasteiger partial charge >= 0.3 is 0 Å². The minimum absolute atomic E-state index is 0.00432. The Balaban J connectivity index is 1.57. The van der Waals surface area contributed by atoms with E-state index in [1.165, 1.54) is 0 Å². The van der Waals surface area contributed by atoms with Gasteiger partial charge in [-0.15, -0.1) is 0 Å². The summed E-state index contributed by atoms with van der Waals surface area (Å²) in [5, 5.41) is 11.1. The molecule has 0 unspecified atom stereocenters. The Morgan fingerprint density at radius 1 is 0.906 bits per heavy atom. The first kappa shape index (κ1) is 24.1. The van der Waals surface area contributed by atoms with Crippen molar-refractivity contribution in [3.05, 3.63) is 75.4 Å². The summed E-state index contributed by atoms with van der Waals surface area (Å²) in [6.45, 7) is 2.81. The third kappa shape index (κ3) is 6.46. The second-order valence-corrected chi connectivity index (χ2v) is 8.18. The summed E-state index contributed by atoms with van der Waals surface area (Å²) in [6.07, 6.45) is 1.60. The lowest BCUT2D eigenvalue weighted by molar-refractivity contribution is -0.119. The topological polar surface area (TPSA) is 79.3 Å². The molecule has 168 valence electrons. The van der Waals surface area contributed by atoms with Crippen LogP contribution in [0.2, 0.25) is 15.1 Å². The van der Waals surface area contributed by atoms with Gasteiger partial charge < -0.3 is 10.6 Å². The number of nitrogens with one attached hydrogen (secondary N) is 2. The van der Waals surface area contributed by atoms with E-state index in [0.717, 1.165) is 5.56 Å². The van der Waals surface area contributed by atoms with Crippen LogP contribution >= 0.6 is 34.8 Å². The van der Waals surface area contributed by atoms with E-state index in [1.54, 1.807) is 46.1 Å². The van der Waals surface area contributed by atoms with Gasteiger partial charge in [-0.3, -0.25) is 14.5 Å². The van der Waals surface area contributed by atoms with Crippen molar-refractivity contribution in [1.29, 1.82) is 0 Å². The predicted molar refractivity (Wildman–Crippen MR) is 129 cm³/mol. The van der Waals surface area contributed by atoms with Crippen LogP contribution in [0.25, 0.3) is 0 Å².